The van der Waals surface area contributed by atoms with Crippen molar-refractivity contribution in [3.05, 3.63) is 47.6 Å². The number of ketones is 3. The Morgan fingerprint density at radius 2 is 1.64 bits per heavy atom. The summed E-state index contributed by atoms with van der Waals surface area (Å²) in [7, 11) is 4.33. The van der Waals surface area contributed by atoms with Gasteiger partial charge in [0.2, 0.25) is 5.79 Å². The van der Waals surface area contributed by atoms with Crippen LogP contribution in [0.5, 0.6) is 0 Å². The van der Waals surface area contributed by atoms with Crippen molar-refractivity contribution in [3.8, 4) is 0 Å². The number of allylic oxidation sites excluding steroid dienone is 6. The van der Waals surface area contributed by atoms with Gasteiger partial charge in [-0.25, -0.2) is 4.79 Å². The zero-order valence-electron chi connectivity index (χ0n) is 38.4. The van der Waals surface area contributed by atoms with Crippen LogP contribution in [0.3, 0.4) is 0 Å². The van der Waals surface area contributed by atoms with Crippen molar-refractivity contribution in [2.75, 3.05) is 27.9 Å². The van der Waals surface area contributed by atoms with Crippen LogP contribution in [0.1, 0.15) is 124 Å². The van der Waals surface area contributed by atoms with Crippen LogP contribution in [0.25, 0.3) is 0 Å². The molecular formula is C48H71F2NO13. The van der Waals surface area contributed by atoms with Crippen LogP contribution in [0.15, 0.2) is 47.6 Å². The maximum absolute atomic E-state index is 14.1. The summed E-state index contributed by atoms with van der Waals surface area (Å²) in [5.41, 5.74) is 1.22. The molecule has 1 aliphatic carbocycles. The Labute approximate surface area is 376 Å². The van der Waals surface area contributed by atoms with Crippen molar-refractivity contribution in [1.82, 2.24) is 4.90 Å². The van der Waals surface area contributed by atoms with E-state index in [4.69, 9.17) is 28.4 Å². The second-order valence-electron chi connectivity index (χ2n) is 17.8. The molecule has 0 aromatic rings. The van der Waals surface area contributed by atoms with E-state index in [2.05, 4.69) is 0 Å². The maximum atomic E-state index is 14.1. The van der Waals surface area contributed by atoms with E-state index in [1.807, 2.05) is 37.3 Å². The molecule has 360 valence electrons. The molecule has 2 N–H and O–H groups in total. The first-order valence-electron chi connectivity index (χ1n) is 22.9. The van der Waals surface area contributed by atoms with Crippen molar-refractivity contribution < 1.29 is 71.4 Å². The smallest absolute Gasteiger partial charge is 0.345 e. The predicted octanol–water partition coefficient (Wildman–Crippen LogP) is 6.44. The summed E-state index contributed by atoms with van der Waals surface area (Å²) in [5.74, 6) is -6.84. The Bertz CT molecular complexity index is 1700. The van der Waals surface area contributed by atoms with E-state index >= 15 is 0 Å². The number of esters is 1. The predicted molar refractivity (Wildman–Crippen MR) is 232 cm³/mol. The van der Waals surface area contributed by atoms with Crippen LogP contribution in [0, 0.1) is 11.8 Å². The Morgan fingerprint density at radius 1 is 0.875 bits per heavy atom. The van der Waals surface area contributed by atoms with Gasteiger partial charge in [-0.2, -0.15) is 8.78 Å². The number of aliphatic hydroxyl groups excluding tert-OH is 1. The van der Waals surface area contributed by atoms with E-state index in [0.717, 1.165) is 10.5 Å². The van der Waals surface area contributed by atoms with Gasteiger partial charge in [0.15, 0.2) is 5.78 Å². The second kappa shape index (κ2) is 26.0. The lowest BCUT2D eigenvalue weighted by atomic mass is 9.81. The average molecular weight is 908 g/mol. The van der Waals surface area contributed by atoms with Crippen molar-refractivity contribution >= 4 is 29.2 Å². The van der Waals surface area contributed by atoms with E-state index in [1.54, 1.807) is 21.0 Å². The average Bonchev–Trinajstić information content (AvgIpc) is 3.27. The van der Waals surface area contributed by atoms with Crippen molar-refractivity contribution in [2.24, 2.45) is 11.8 Å². The Kier molecular flexibility index (Phi) is 21.6. The fourth-order valence-corrected chi connectivity index (χ4v) is 9.26. The van der Waals surface area contributed by atoms with Crippen LogP contribution in [-0.2, 0) is 52.4 Å². The summed E-state index contributed by atoms with van der Waals surface area (Å²) in [6, 6.07) is -1.17. The number of methoxy groups -OCH3 is 3. The zero-order chi connectivity index (χ0) is 47.0. The number of alkyl halides is 2. The number of cyclic esters (lactones) is 1. The van der Waals surface area contributed by atoms with Crippen LogP contribution in [-0.4, -0.2) is 133 Å². The SMILES string of the molecule is CO[C@H]1C[C@@H]2CC[C@@H](C)[C@@](O)(O2)C(=O)C(=O)N2CCCC[C@H]2C(=O)O[C@H](CC[C@@H]2CC[C@@H](OC(F)F)[C@H](OC)C2)CC(=O)C/C=C(\C)[C@@H](O)[C@@H](OC)C(=O)CCC/C=C/C=CC=C1C. The molecule has 14 nitrogen and oxygen atoms in total. The van der Waals surface area contributed by atoms with Crippen molar-refractivity contribution in [2.45, 2.75) is 185 Å². The number of carbonyl (C=O) groups is 5. The van der Waals surface area contributed by atoms with Gasteiger partial charge in [-0.1, -0.05) is 43.4 Å². The summed E-state index contributed by atoms with van der Waals surface area (Å²) in [6.07, 6.45) is 10.4. The van der Waals surface area contributed by atoms with Gasteiger partial charge in [0.25, 0.3) is 11.7 Å². The molecule has 0 radical (unpaired) electrons. The van der Waals surface area contributed by atoms with Crippen molar-refractivity contribution in [1.29, 1.82) is 0 Å². The molecule has 0 unspecified atom stereocenters. The van der Waals surface area contributed by atoms with Gasteiger partial charge < -0.3 is 43.5 Å². The largest absolute Gasteiger partial charge is 0.460 e. The molecule has 16 heteroatoms. The number of hydrogen-bond acceptors (Lipinski definition) is 13. The lowest BCUT2D eigenvalue weighted by Gasteiger charge is -2.42. The number of carbonyl (C=O) groups excluding carboxylic acids is 5. The number of amides is 1. The minimum Gasteiger partial charge on any atom is -0.460 e. The Hall–Kier alpha value is -3.51. The highest BCUT2D eigenvalue weighted by molar-refractivity contribution is 6.39. The summed E-state index contributed by atoms with van der Waals surface area (Å²) in [4.78, 5) is 70.2. The molecule has 11 atom stereocenters. The highest BCUT2D eigenvalue weighted by atomic mass is 19.3. The number of fused-ring (bicyclic) bond motifs is 3. The molecular weight excluding hydrogens is 837 g/mol. The first-order valence-corrected chi connectivity index (χ1v) is 22.9. The van der Waals surface area contributed by atoms with Gasteiger partial charge in [0.05, 0.1) is 24.4 Å². The zero-order valence-corrected chi connectivity index (χ0v) is 38.4. The van der Waals surface area contributed by atoms with Gasteiger partial charge in [-0.15, -0.1) is 0 Å². The van der Waals surface area contributed by atoms with Crippen LogP contribution in [0.2, 0.25) is 0 Å². The number of piperidine rings is 1. The fraction of sp³-hybridized carbons (Fsp3) is 0.729. The summed E-state index contributed by atoms with van der Waals surface area (Å²) in [5, 5.41) is 22.9. The molecule has 0 aromatic heterocycles. The quantitative estimate of drug-likeness (QED) is 0.154. The molecule has 1 saturated carbocycles. The number of ether oxygens (including phenoxy) is 6. The maximum Gasteiger partial charge on any atom is 0.345 e. The number of hydrogen-bond donors (Lipinski definition) is 2. The summed E-state index contributed by atoms with van der Waals surface area (Å²) >= 11 is 0. The van der Waals surface area contributed by atoms with Crippen LogP contribution in [0.4, 0.5) is 8.78 Å². The normalized spacial score (nSPS) is 35.6. The van der Waals surface area contributed by atoms with E-state index in [1.165, 1.54) is 20.3 Å². The Morgan fingerprint density at radius 3 is 2.34 bits per heavy atom. The number of Topliss-reactive ketones (excluding diaryl/α,β-unsaturated/α-hetero) is 3. The molecule has 3 heterocycles. The first kappa shape index (κ1) is 53.1. The first-order chi connectivity index (χ1) is 30.5. The minimum absolute atomic E-state index is 0.0221. The standard InChI is InChI=1S/C48H71F2NO13/c1-30-15-11-9-7-8-10-12-17-38(53)43(61-6)42(54)31(2)18-22-34(52)28-35(24-20-33-21-25-39(63-47(49)50)41(27-33)60-5)62-46(57)37-16-13-14-26-51(37)45(56)44(55)48(58)32(3)19-23-36(64-48)29-40(30)59-4/h7-9,11,15,18,32-33,35-37,39-43,47,54,58H,10,12-14,16-17,19-29H2,1-6H3/b8-7+,11-9?,30-15?,31-18+/t32-,33-,35-,36+,37+,39-,40+,41-,42-,43+,48-/m1/s1. The number of rotatable bonds is 8. The highest BCUT2D eigenvalue weighted by Crippen LogP contribution is 2.37. The summed E-state index contributed by atoms with van der Waals surface area (Å²) < 4.78 is 59.8. The Balaban J connectivity index is 1.61. The monoisotopic (exact) mass is 907 g/mol. The lowest BCUT2D eigenvalue weighted by molar-refractivity contribution is -0.265. The van der Waals surface area contributed by atoms with Crippen LogP contribution < -0.4 is 0 Å². The van der Waals surface area contributed by atoms with Gasteiger partial charge in [0.1, 0.15) is 30.1 Å². The van der Waals surface area contributed by atoms with Crippen molar-refractivity contribution in [3.63, 3.8) is 0 Å². The van der Waals surface area contributed by atoms with E-state index in [0.29, 0.717) is 76.2 Å². The molecule has 0 spiro atoms. The molecule has 1 amide bonds. The molecule has 0 aromatic carbocycles. The molecule has 4 aliphatic rings. The highest BCUT2D eigenvalue weighted by Gasteiger charge is 2.53. The molecule has 3 aliphatic heterocycles. The van der Waals surface area contributed by atoms with Gasteiger partial charge in [-0.05, 0) is 108 Å². The van der Waals surface area contributed by atoms with Crippen LogP contribution >= 0.6 is 0 Å². The molecule has 64 heavy (non-hydrogen) atoms. The molecule has 3 fully saturated rings. The van der Waals surface area contributed by atoms with Gasteiger partial charge in [-0.3, -0.25) is 19.2 Å². The fourth-order valence-electron chi connectivity index (χ4n) is 9.26. The molecule has 4 rings (SSSR count). The van der Waals surface area contributed by atoms with Gasteiger partial charge >= 0.3 is 12.6 Å². The molecule has 2 saturated heterocycles. The lowest BCUT2D eigenvalue weighted by Crippen LogP contribution is -2.60. The van der Waals surface area contributed by atoms with E-state index < -0.39 is 84.7 Å². The number of halogens is 2. The van der Waals surface area contributed by atoms with E-state index in [9.17, 15) is 43.0 Å². The third-order valence-corrected chi connectivity index (χ3v) is 13.3. The number of aliphatic hydroxyl groups is 2. The number of nitrogens with zero attached hydrogens (tertiary/aromatic N) is 1. The summed E-state index contributed by atoms with van der Waals surface area (Å²) in [6.45, 7) is 2.25. The third kappa shape index (κ3) is 15.0. The third-order valence-electron chi connectivity index (χ3n) is 13.3. The van der Waals surface area contributed by atoms with E-state index in [-0.39, 0.29) is 56.1 Å². The topological polar surface area (TPSA) is 184 Å². The molecule has 2 bridgehead atoms. The van der Waals surface area contributed by atoms with Gasteiger partial charge in [0, 0.05) is 59.5 Å². The minimum atomic E-state index is -2.94. The second-order valence-corrected chi connectivity index (χ2v) is 17.8.